The van der Waals surface area contributed by atoms with Gasteiger partial charge in [-0.15, -0.1) is 0 Å². The maximum Gasteiger partial charge on any atom is 0.232 e. The lowest BCUT2D eigenvalue weighted by molar-refractivity contribution is 0.0901. The van der Waals surface area contributed by atoms with Crippen molar-refractivity contribution in [2.75, 3.05) is 0 Å². The van der Waals surface area contributed by atoms with Crippen molar-refractivity contribution in [2.24, 2.45) is 4.99 Å². The summed E-state index contributed by atoms with van der Waals surface area (Å²) in [6, 6.07) is 11.8. The van der Waals surface area contributed by atoms with Crippen LogP contribution in [0.2, 0.25) is 0 Å². The number of hydrogen-bond donors (Lipinski definition) is 2. The molecular formula is C18H19FN2O3S. The van der Waals surface area contributed by atoms with Gasteiger partial charge in [0.25, 0.3) is 0 Å². The van der Waals surface area contributed by atoms with Gasteiger partial charge in [0.05, 0.1) is 5.71 Å². The second-order valence-corrected chi connectivity index (χ2v) is 6.79. The van der Waals surface area contributed by atoms with Crippen LogP contribution in [0.25, 0.3) is 0 Å². The minimum absolute atomic E-state index is 0.242. The monoisotopic (exact) mass is 362 g/mol. The summed E-state index contributed by atoms with van der Waals surface area (Å²) in [4.78, 5) is 4.75. The number of nitrogens with zero attached hydrogens (tertiary/aromatic N) is 1. The van der Waals surface area contributed by atoms with Gasteiger partial charge < -0.3 is 4.74 Å². The molecule has 1 aliphatic heterocycles. The van der Waals surface area contributed by atoms with E-state index < -0.39 is 17.0 Å². The summed E-state index contributed by atoms with van der Waals surface area (Å²) in [5.41, 5.74) is 2.47. The summed E-state index contributed by atoms with van der Waals surface area (Å²) in [6.07, 6.45) is 0.667. The van der Waals surface area contributed by atoms with Gasteiger partial charge in [0, 0.05) is 24.1 Å². The molecule has 0 saturated heterocycles. The van der Waals surface area contributed by atoms with Crippen molar-refractivity contribution in [3.05, 3.63) is 65.0 Å². The van der Waals surface area contributed by atoms with Crippen LogP contribution in [0.5, 0.6) is 5.75 Å². The quantitative estimate of drug-likeness (QED) is 0.801. The van der Waals surface area contributed by atoms with E-state index in [9.17, 15) is 8.60 Å². The van der Waals surface area contributed by atoms with Crippen molar-refractivity contribution < 1.29 is 17.9 Å². The van der Waals surface area contributed by atoms with E-state index in [1.807, 2.05) is 32.0 Å². The Kier molecular flexibility index (Phi) is 4.99. The fourth-order valence-electron chi connectivity index (χ4n) is 2.64. The first kappa shape index (κ1) is 17.7. The molecule has 0 saturated carbocycles. The van der Waals surface area contributed by atoms with Crippen molar-refractivity contribution in [1.29, 1.82) is 0 Å². The molecule has 0 amide bonds. The SMILES string of the molecule is CCC1(C)N=C(c2ccc(F)cc2)c2ccc(CNS(=O)O)cc2O1. The van der Waals surface area contributed by atoms with E-state index in [1.54, 1.807) is 12.1 Å². The van der Waals surface area contributed by atoms with E-state index in [2.05, 4.69) is 4.72 Å². The number of fused-ring (bicyclic) bond motifs is 1. The van der Waals surface area contributed by atoms with Crippen LogP contribution >= 0.6 is 0 Å². The molecule has 25 heavy (non-hydrogen) atoms. The van der Waals surface area contributed by atoms with E-state index in [-0.39, 0.29) is 12.4 Å². The van der Waals surface area contributed by atoms with E-state index in [1.165, 1.54) is 12.1 Å². The molecule has 2 N–H and O–H groups in total. The van der Waals surface area contributed by atoms with Gasteiger partial charge in [0.1, 0.15) is 11.6 Å². The third-order valence-corrected chi connectivity index (χ3v) is 4.54. The molecule has 7 heteroatoms. The zero-order chi connectivity index (χ0) is 18.0. The minimum Gasteiger partial charge on any atom is -0.466 e. The smallest absolute Gasteiger partial charge is 0.232 e. The Morgan fingerprint density at radius 1 is 1.28 bits per heavy atom. The van der Waals surface area contributed by atoms with Crippen LogP contribution in [-0.4, -0.2) is 20.2 Å². The number of nitrogens with one attached hydrogen (secondary N) is 1. The zero-order valence-electron chi connectivity index (χ0n) is 14.0. The highest BCUT2D eigenvalue weighted by Crippen LogP contribution is 2.35. The van der Waals surface area contributed by atoms with Crippen molar-refractivity contribution >= 4 is 17.0 Å². The molecule has 0 fully saturated rings. The van der Waals surface area contributed by atoms with Crippen molar-refractivity contribution in [2.45, 2.75) is 32.5 Å². The molecule has 5 nitrogen and oxygen atoms in total. The second kappa shape index (κ2) is 7.03. The molecule has 2 aromatic rings. The molecule has 0 spiro atoms. The lowest BCUT2D eigenvalue weighted by Gasteiger charge is -2.32. The fourth-order valence-corrected chi connectivity index (χ4v) is 2.93. The number of rotatable bonds is 5. The average molecular weight is 362 g/mol. The maximum atomic E-state index is 13.3. The number of aliphatic imine (C=N–C) groups is 1. The fraction of sp³-hybridized carbons (Fsp3) is 0.278. The highest BCUT2D eigenvalue weighted by atomic mass is 32.2. The zero-order valence-corrected chi connectivity index (χ0v) is 14.8. The lowest BCUT2D eigenvalue weighted by Crippen LogP contribution is -2.35. The standard InChI is InChI=1S/C18H19FN2O3S/c1-3-18(2)21-17(13-5-7-14(19)8-6-13)15-9-4-12(10-16(15)24-18)11-20-25(22)23/h4-10,20H,3,11H2,1-2H3,(H,22,23). The van der Waals surface area contributed by atoms with Gasteiger partial charge in [-0.3, -0.25) is 4.55 Å². The number of ether oxygens (including phenoxy) is 1. The van der Waals surface area contributed by atoms with Gasteiger partial charge in [0.2, 0.25) is 11.3 Å². The van der Waals surface area contributed by atoms with Crippen molar-refractivity contribution in [3.63, 3.8) is 0 Å². The topological polar surface area (TPSA) is 70.9 Å². The van der Waals surface area contributed by atoms with Crippen LogP contribution in [0.15, 0.2) is 47.5 Å². The highest BCUT2D eigenvalue weighted by Gasteiger charge is 2.31. The summed E-state index contributed by atoms with van der Waals surface area (Å²) in [7, 11) is 0. The van der Waals surface area contributed by atoms with Crippen LogP contribution < -0.4 is 9.46 Å². The molecule has 0 bridgehead atoms. The molecule has 2 atom stereocenters. The summed E-state index contributed by atoms with van der Waals surface area (Å²) in [5, 5.41) is 0. The lowest BCUT2D eigenvalue weighted by atomic mass is 9.97. The molecule has 2 unspecified atom stereocenters. The third kappa shape index (κ3) is 3.95. The number of halogens is 1. The van der Waals surface area contributed by atoms with Crippen molar-refractivity contribution in [3.8, 4) is 5.75 Å². The Balaban J connectivity index is 2.03. The van der Waals surface area contributed by atoms with Gasteiger partial charge in [-0.1, -0.05) is 13.0 Å². The summed E-state index contributed by atoms with van der Waals surface area (Å²) >= 11 is -2.07. The first-order valence-corrected chi connectivity index (χ1v) is 9.03. The van der Waals surface area contributed by atoms with Crippen LogP contribution in [0.3, 0.4) is 0 Å². The summed E-state index contributed by atoms with van der Waals surface area (Å²) in [6.45, 7) is 4.12. The molecule has 0 radical (unpaired) electrons. The third-order valence-electron chi connectivity index (χ3n) is 4.15. The van der Waals surface area contributed by atoms with Crippen LogP contribution in [0.4, 0.5) is 4.39 Å². The van der Waals surface area contributed by atoms with E-state index in [0.29, 0.717) is 12.2 Å². The Morgan fingerprint density at radius 2 is 2.00 bits per heavy atom. The molecule has 3 rings (SSSR count). The number of benzene rings is 2. The van der Waals surface area contributed by atoms with Crippen LogP contribution in [-0.2, 0) is 17.8 Å². The molecular weight excluding hydrogens is 343 g/mol. The largest absolute Gasteiger partial charge is 0.466 e. The first-order valence-electron chi connectivity index (χ1n) is 7.92. The van der Waals surface area contributed by atoms with Gasteiger partial charge in [-0.05, 0) is 48.9 Å². The van der Waals surface area contributed by atoms with E-state index in [0.717, 1.165) is 22.4 Å². The van der Waals surface area contributed by atoms with Gasteiger partial charge >= 0.3 is 0 Å². The second-order valence-electron chi connectivity index (χ2n) is 6.00. The first-order chi connectivity index (χ1) is 11.9. The summed E-state index contributed by atoms with van der Waals surface area (Å²) < 4.78 is 41.4. The molecule has 132 valence electrons. The summed E-state index contributed by atoms with van der Waals surface area (Å²) in [5.74, 6) is 0.356. The normalized spacial score (nSPS) is 20.4. The Bertz CT molecular complexity index is 839. The van der Waals surface area contributed by atoms with Crippen LogP contribution in [0.1, 0.15) is 37.0 Å². The van der Waals surface area contributed by atoms with E-state index in [4.69, 9.17) is 14.3 Å². The van der Waals surface area contributed by atoms with E-state index >= 15 is 0 Å². The van der Waals surface area contributed by atoms with Gasteiger partial charge in [-0.2, -0.15) is 0 Å². The predicted molar refractivity (Wildman–Crippen MR) is 95.4 cm³/mol. The Morgan fingerprint density at radius 3 is 2.64 bits per heavy atom. The highest BCUT2D eigenvalue weighted by molar-refractivity contribution is 7.77. The molecule has 1 heterocycles. The Labute approximate surface area is 148 Å². The Hall–Kier alpha value is -2.09. The van der Waals surface area contributed by atoms with Crippen LogP contribution in [0, 0.1) is 5.82 Å². The molecule has 1 aliphatic rings. The minimum atomic E-state index is -2.07. The molecule has 0 aromatic heterocycles. The maximum absolute atomic E-state index is 13.3. The number of hydrogen-bond acceptors (Lipinski definition) is 3. The molecule has 0 aliphatic carbocycles. The average Bonchev–Trinajstić information content (AvgIpc) is 2.59. The van der Waals surface area contributed by atoms with Crippen molar-refractivity contribution in [1.82, 2.24) is 4.72 Å². The predicted octanol–water partition coefficient (Wildman–Crippen LogP) is 3.41. The van der Waals surface area contributed by atoms with Gasteiger partial charge in [0.15, 0.2) is 5.72 Å². The van der Waals surface area contributed by atoms with Gasteiger partial charge in [-0.25, -0.2) is 18.3 Å². The molecule has 2 aromatic carbocycles.